The van der Waals surface area contributed by atoms with E-state index < -0.39 is 15.9 Å². The Labute approximate surface area is 157 Å². The third-order valence-electron chi connectivity index (χ3n) is 3.98. The first-order chi connectivity index (χ1) is 12.9. The van der Waals surface area contributed by atoms with Crippen LogP contribution < -0.4 is 10.0 Å². The molecule has 0 saturated heterocycles. The van der Waals surface area contributed by atoms with Gasteiger partial charge in [-0.2, -0.15) is 13.5 Å². The lowest BCUT2D eigenvalue weighted by Crippen LogP contribution is -2.19. The van der Waals surface area contributed by atoms with Crippen molar-refractivity contribution in [2.75, 3.05) is 10.0 Å². The standard InChI is InChI=1S/C19H20N4O3S/c1-13(2)14-8-10-15(11-9-14)21-18(24)17-12-20-22-19(17)27(25,26)23-16-6-4-3-5-7-16/h3-13,23H,1-2H3,(H,20,22)(H,21,24). The van der Waals surface area contributed by atoms with E-state index in [4.69, 9.17) is 0 Å². The lowest BCUT2D eigenvalue weighted by atomic mass is 10.0. The van der Waals surface area contributed by atoms with Crippen LogP contribution in [0.3, 0.4) is 0 Å². The van der Waals surface area contributed by atoms with E-state index >= 15 is 0 Å². The van der Waals surface area contributed by atoms with Crippen molar-refractivity contribution in [3.63, 3.8) is 0 Å². The van der Waals surface area contributed by atoms with Crippen LogP contribution in [-0.4, -0.2) is 24.5 Å². The Morgan fingerprint density at radius 2 is 1.67 bits per heavy atom. The highest BCUT2D eigenvalue weighted by molar-refractivity contribution is 7.92. The van der Waals surface area contributed by atoms with E-state index in [1.165, 1.54) is 6.20 Å². The number of sulfonamides is 1. The molecule has 3 rings (SSSR count). The second kappa shape index (κ2) is 7.63. The van der Waals surface area contributed by atoms with Crippen molar-refractivity contribution in [2.45, 2.75) is 24.8 Å². The normalized spacial score (nSPS) is 11.4. The molecule has 0 saturated carbocycles. The van der Waals surface area contributed by atoms with Crippen LogP contribution in [0, 0.1) is 0 Å². The Morgan fingerprint density at radius 1 is 1.00 bits per heavy atom. The number of anilines is 2. The van der Waals surface area contributed by atoms with Crippen molar-refractivity contribution in [1.29, 1.82) is 0 Å². The molecule has 0 spiro atoms. The summed E-state index contributed by atoms with van der Waals surface area (Å²) in [5, 5.41) is 8.53. The second-order valence-corrected chi connectivity index (χ2v) is 7.93. The van der Waals surface area contributed by atoms with Crippen molar-refractivity contribution in [3.8, 4) is 0 Å². The quantitative estimate of drug-likeness (QED) is 0.604. The molecule has 0 atom stereocenters. The number of benzene rings is 2. The molecule has 140 valence electrons. The van der Waals surface area contributed by atoms with Crippen LogP contribution >= 0.6 is 0 Å². The number of H-pyrrole nitrogens is 1. The first-order valence-corrected chi connectivity index (χ1v) is 9.87. The van der Waals surface area contributed by atoms with E-state index in [1.54, 1.807) is 42.5 Å². The van der Waals surface area contributed by atoms with Gasteiger partial charge in [0, 0.05) is 11.4 Å². The maximum absolute atomic E-state index is 12.6. The molecule has 1 amide bonds. The second-order valence-electron chi connectivity index (χ2n) is 6.32. The van der Waals surface area contributed by atoms with Gasteiger partial charge in [0.1, 0.15) is 0 Å². The molecule has 2 aromatic carbocycles. The van der Waals surface area contributed by atoms with Crippen molar-refractivity contribution in [2.24, 2.45) is 0 Å². The summed E-state index contributed by atoms with van der Waals surface area (Å²) >= 11 is 0. The Kier molecular flexibility index (Phi) is 5.27. The summed E-state index contributed by atoms with van der Waals surface area (Å²) in [5.74, 6) is -0.182. The fraction of sp³-hybridized carbons (Fsp3) is 0.158. The van der Waals surface area contributed by atoms with Crippen LogP contribution in [0.15, 0.2) is 65.8 Å². The summed E-state index contributed by atoms with van der Waals surface area (Å²) < 4.78 is 27.6. The maximum atomic E-state index is 12.6. The van der Waals surface area contributed by atoms with E-state index in [2.05, 4.69) is 34.1 Å². The maximum Gasteiger partial charge on any atom is 0.279 e. The SMILES string of the molecule is CC(C)c1ccc(NC(=O)c2cn[nH]c2S(=O)(=O)Nc2ccccc2)cc1. The van der Waals surface area contributed by atoms with Gasteiger partial charge in [-0.3, -0.25) is 14.6 Å². The smallest absolute Gasteiger partial charge is 0.279 e. The molecule has 0 fully saturated rings. The Bertz CT molecular complexity index is 1030. The Morgan fingerprint density at radius 3 is 2.30 bits per heavy atom. The molecule has 1 aromatic heterocycles. The largest absolute Gasteiger partial charge is 0.322 e. The number of para-hydroxylation sites is 1. The van der Waals surface area contributed by atoms with Crippen molar-refractivity contribution in [3.05, 3.63) is 71.9 Å². The number of aromatic nitrogens is 2. The number of nitrogens with zero attached hydrogens (tertiary/aromatic N) is 1. The van der Waals surface area contributed by atoms with Gasteiger partial charge in [-0.1, -0.05) is 44.2 Å². The molecule has 0 aliphatic heterocycles. The van der Waals surface area contributed by atoms with Crippen LogP contribution in [0.5, 0.6) is 0 Å². The molecule has 7 nitrogen and oxygen atoms in total. The minimum Gasteiger partial charge on any atom is -0.322 e. The summed E-state index contributed by atoms with van der Waals surface area (Å²) in [4.78, 5) is 12.6. The first kappa shape index (κ1) is 18.7. The molecular formula is C19H20N4O3S. The van der Waals surface area contributed by atoms with Crippen molar-refractivity contribution < 1.29 is 13.2 Å². The zero-order valence-corrected chi connectivity index (χ0v) is 15.7. The third-order valence-corrected chi connectivity index (χ3v) is 5.33. The number of aromatic amines is 1. The number of hydrogen-bond donors (Lipinski definition) is 3. The first-order valence-electron chi connectivity index (χ1n) is 8.39. The Balaban J connectivity index is 1.80. The number of rotatable bonds is 6. The topological polar surface area (TPSA) is 104 Å². The van der Waals surface area contributed by atoms with Gasteiger partial charge < -0.3 is 5.32 Å². The van der Waals surface area contributed by atoms with Crippen LogP contribution in [0.2, 0.25) is 0 Å². The highest BCUT2D eigenvalue weighted by Gasteiger charge is 2.25. The minimum atomic E-state index is -3.98. The van der Waals surface area contributed by atoms with Gasteiger partial charge in [0.2, 0.25) is 0 Å². The van der Waals surface area contributed by atoms with Gasteiger partial charge in [-0.25, -0.2) is 0 Å². The van der Waals surface area contributed by atoms with Gasteiger partial charge in [0.05, 0.1) is 11.8 Å². The van der Waals surface area contributed by atoms with E-state index in [1.807, 2.05) is 12.1 Å². The molecule has 0 bridgehead atoms. The third kappa shape index (κ3) is 4.35. The average molecular weight is 384 g/mol. The predicted octanol–water partition coefficient (Wildman–Crippen LogP) is 3.59. The molecular weight excluding hydrogens is 364 g/mol. The fourth-order valence-corrected chi connectivity index (χ4v) is 3.66. The number of carbonyl (C=O) groups is 1. The van der Waals surface area contributed by atoms with Crippen molar-refractivity contribution >= 4 is 27.3 Å². The molecule has 3 N–H and O–H groups in total. The summed E-state index contributed by atoms with van der Waals surface area (Å²) in [6.45, 7) is 4.16. The zero-order chi connectivity index (χ0) is 19.4. The van der Waals surface area contributed by atoms with Crippen molar-refractivity contribution in [1.82, 2.24) is 10.2 Å². The average Bonchev–Trinajstić information content (AvgIpc) is 3.14. The number of amides is 1. The van der Waals surface area contributed by atoms with Crippen LogP contribution in [0.25, 0.3) is 0 Å². The number of carbonyl (C=O) groups excluding carboxylic acids is 1. The summed E-state index contributed by atoms with van der Waals surface area (Å²) in [7, 11) is -3.98. The molecule has 0 aliphatic carbocycles. The van der Waals surface area contributed by atoms with Gasteiger partial charge in [-0.05, 0) is 35.7 Å². The minimum absolute atomic E-state index is 0.0635. The Hall–Kier alpha value is -3.13. The summed E-state index contributed by atoms with van der Waals surface area (Å²) in [5.41, 5.74) is 2.05. The van der Waals surface area contributed by atoms with E-state index in [0.717, 1.165) is 5.56 Å². The summed E-state index contributed by atoms with van der Waals surface area (Å²) in [6, 6.07) is 15.8. The molecule has 8 heteroatoms. The lowest BCUT2D eigenvalue weighted by Gasteiger charge is -2.10. The van der Waals surface area contributed by atoms with E-state index in [0.29, 0.717) is 17.3 Å². The predicted molar refractivity (Wildman–Crippen MR) is 104 cm³/mol. The molecule has 0 unspecified atom stereocenters. The lowest BCUT2D eigenvalue weighted by molar-refractivity contribution is 0.102. The molecule has 3 aromatic rings. The molecule has 0 radical (unpaired) electrons. The summed E-state index contributed by atoms with van der Waals surface area (Å²) in [6.07, 6.45) is 1.19. The highest BCUT2D eigenvalue weighted by Crippen LogP contribution is 2.20. The zero-order valence-electron chi connectivity index (χ0n) is 14.9. The number of hydrogen-bond acceptors (Lipinski definition) is 4. The van der Waals surface area contributed by atoms with Gasteiger partial charge in [0.15, 0.2) is 5.03 Å². The van der Waals surface area contributed by atoms with Gasteiger partial charge in [-0.15, -0.1) is 0 Å². The van der Waals surface area contributed by atoms with Gasteiger partial charge >= 0.3 is 0 Å². The molecule has 0 aliphatic rings. The van der Waals surface area contributed by atoms with Gasteiger partial charge in [0.25, 0.3) is 15.9 Å². The van der Waals surface area contributed by atoms with Crippen LogP contribution in [0.4, 0.5) is 11.4 Å². The molecule has 1 heterocycles. The van der Waals surface area contributed by atoms with E-state index in [9.17, 15) is 13.2 Å². The monoisotopic (exact) mass is 384 g/mol. The van der Waals surface area contributed by atoms with E-state index in [-0.39, 0.29) is 10.6 Å². The van der Waals surface area contributed by atoms with Crippen LogP contribution in [-0.2, 0) is 10.0 Å². The molecule has 27 heavy (non-hydrogen) atoms. The van der Waals surface area contributed by atoms with Crippen LogP contribution in [0.1, 0.15) is 35.7 Å². The number of nitrogens with one attached hydrogen (secondary N) is 3. The fourth-order valence-electron chi connectivity index (χ4n) is 2.50. The highest BCUT2D eigenvalue weighted by atomic mass is 32.2.